The molecular weight excluding hydrogens is 278 g/mol. The Hall–Kier alpha value is -2.36. The molecule has 0 amide bonds. The molecule has 0 saturated heterocycles. The van der Waals surface area contributed by atoms with Crippen LogP contribution in [0.2, 0.25) is 0 Å². The number of pyridine rings is 1. The molecule has 1 heterocycles. The quantitative estimate of drug-likeness (QED) is 0.583. The largest absolute Gasteiger partial charge is 0.493 e. The molecule has 0 unspecified atom stereocenters. The second-order valence-corrected chi connectivity index (χ2v) is 5.21. The fourth-order valence-corrected chi connectivity index (χ4v) is 2.26. The topological polar surface area (TPSA) is 39.4 Å². The third-order valence-electron chi connectivity index (χ3n) is 3.58. The summed E-state index contributed by atoms with van der Waals surface area (Å²) in [6.45, 7) is 2.89. The third-order valence-corrected chi connectivity index (χ3v) is 3.58. The zero-order valence-electron chi connectivity index (χ0n) is 13.3. The number of ketones is 1. The molecule has 1 aromatic carbocycles. The van der Waals surface area contributed by atoms with Crippen LogP contribution in [0.5, 0.6) is 11.5 Å². The molecule has 0 saturated carbocycles. The Labute approximate surface area is 131 Å². The highest BCUT2D eigenvalue weighted by molar-refractivity contribution is 5.96. The number of carbonyl (C=O) groups is 1. The zero-order valence-corrected chi connectivity index (χ0v) is 13.3. The van der Waals surface area contributed by atoms with Gasteiger partial charge in [0.05, 0.1) is 14.2 Å². The van der Waals surface area contributed by atoms with Crippen LogP contribution in [0, 0.1) is 6.92 Å². The molecule has 2 rings (SSSR count). The summed E-state index contributed by atoms with van der Waals surface area (Å²) in [5.41, 5.74) is 1.89. The predicted molar refractivity (Wildman–Crippen MR) is 84.5 cm³/mol. The van der Waals surface area contributed by atoms with E-state index < -0.39 is 0 Å². The summed E-state index contributed by atoms with van der Waals surface area (Å²) >= 11 is 0. The van der Waals surface area contributed by atoms with E-state index in [9.17, 15) is 4.79 Å². The van der Waals surface area contributed by atoms with Crippen LogP contribution in [-0.4, -0.2) is 20.0 Å². The first-order valence-electron chi connectivity index (χ1n) is 7.35. The lowest BCUT2D eigenvalue weighted by molar-refractivity contribution is -0.697. The van der Waals surface area contributed by atoms with Gasteiger partial charge in [-0.2, -0.15) is 0 Å². The molecule has 4 nitrogen and oxygen atoms in total. The molecule has 0 N–H and O–H groups in total. The maximum Gasteiger partial charge on any atom is 0.169 e. The lowest BCUT2D eigenvalue weighted by Crippen LogP contribution is -2.32. The Morgan fingerprint density at radius 2 is 1.73 bits per heavy atom. The fraction of sp³-hybridized carbons (Fsp3) is 0.333. The van der Waals surface area contributed by atoms with Gasteiger partial charge >= 0.3 is 0 Å². The lowest BCUT2D eigenvalue weighted by Gasteiger charge is -2.08. The van der Waals surface area contributed by atoms with Crippen LogP contribution in [0.3, 0.4) is 0 Å². The van der Waals surface area contributed by atoms with Gasteiger partial charge in [-0.3, -0.25) is 4.79 Å². The van der Waals surface area contributed by atoms with Crippen molar-refractivity contribution >= 4 is 5.78 Å². The van der Waals surface area contributed by atoms with Gasteiger partial charge in [0.1, 0.15) is 6.54 Å². The predicted octanol–water partition coefficient (Wildman–Crippen LogP) is 2.96. The average Bonchev–Trinajstić information content (AvgIpc) is 2.55. The Kier molecular flexibility index (Phi) is 5.53. The highest BCUT2D eigenvalue weighted by Gasteiger charge is 2.11. The minimum Gasteiger partial charge on any atom is -0.493 e. The number of carbonyl (C=O) groups excluding carboxylic acids is 1. The minimum atomic E-state index is 0.119. The normalized spacial score (nSPS) is 10.3. The fourth-order valence-electron chi connectivity index (χ4n) is 2.26. The number of hydrogen-bond donors (Lipinski definition) is 0. The molecular formula is C18H22NO3+. The van der Waals surface area contributed by atoms with Gasteiger partial charge in [-0.1, -0.05) is 0 Å². The van der Waals surface area contributed by atoms with Crippen molar-refractivity contribution in [1.82, 2.24) is 0 Å². The molecule has 1 aromatic heterocycles. The number of Topliss-reactive ketones (excluding diaryl/α,β-unsaturated/α-hetero) is 1. The number of rotatable bonds is 7. The first kappa shape index (κ1) is 16.0. The van der Waals surface area contributed by atoms with Crippen molar-refractivity contribution in [3.8, 4) is 11.5 Å². The number of ether oxygens (including phenoxy) is 2. The molecule has 4 heteroatoms. The Balaban J connectivity index is 1.93. The van der Waals surface area contributed by atoms with Crippen molar-refractivity contribution in [2.45, 2.75) is 26.3 Å². The lowest BCUT2D eigenvalue weighted by atomic mass is 10.1. The Morgan fingerprint density at radius 3 is 2.36 bits per heavy atom. The Morgan fingerprint density at radius 1 is 1.05 bits per heavy atom. The van der Waals surface area contributed by atoms with Crippen LogP contribution < -0.4 is 14.0 Å². The maximum absolute atomic E-state index is 12.3. The van der Waals surface area contributed by atoms with Gasteiger partial charge in [-0.25, -0.2) is 4.57 Å². The summed E-state index contributed by atoms with van der Waals surface area (Å²) in [6.07, 6.45) is 5.39. The minimum absolute atomic E-state index is 0.119. The molecule has 0 spiro atoms. The van der Waals surface area contributed by atoms with E-state index in [0.29, 0.717) is 23.5 Å². The molecule has 0 fully saturated rings. The molecule has 0 atom stereocenters. The van der Waals surface area contributed by atoms with Gasteiger partial charge < -0.3 is 9.47 Å². The van der Waals surface area contributed by atoms with Gasteiger partial charge in [0.25, 0.3) is 0 Å². The number of aromatic nitrogens is 1. The van der Waals surface area contributed by atoms with Crippen molar-refractivity contribution in [2.24, 2.45) is 0 Å². The maximum atomic E-state index is 12.3. The van der Waals surface area contributed by atoms with E-state index in [2.05, 4.69) is 23.6 Å². The molecule has 0 aliphatic rings. The average molecular weight is 300 g/mol. The van der Waals surface area contributed by atoms with E-state index in [1.807, 2.05) is 12.4 Å². The van der Waals surface area contributed by atoms with Gasteiger partial charge in [0.15, 0.2) is 29.7 Å². The standard InChI is InChI=1S/C18H22NO3/c1-14-8-11-19(12-9-14)10-4-5-16(20)15-6-7-17(21-2)18(13-15)22-3/h6-9,11-13H,4-5,10H2,1-3H3/q+1. The second-order valence-electron chi connectivity index (χ2n) is 5.21. The van der Waals surface area contributed by atoms with Crippen molar-refractivity contribution in [3.63, 3.8) is 0 Å². The van der Waals surface area contributed by atoms with Crippen LogP contribution in [0.15, 0.2) is 42.7 Å². The second kappa shape index (κ2) is 7.59. The number of aryl methyl sites for hydroxylation is 2. The molecule has 116 valence electrons. The highest BCUT2D eigenvalue weighted by Crippen LogP contribution is 2.28. The number of benzene rings is 1. The summed E-state index contributed by atoms with van der Waals surface area (Å²) < 4.78 is 12.5. The van der Waals surface area contributed by atoms with E-state index in [1.54, 1.807) is 32.4 Å². The van der Waals surface area contributed by atoms with Gasteiger partial charge in [-0.05, 0) is 30.7 Å². The van der Waals surface area contributed by atoms with Crippen LogP contribution in [0.4, 0.5) is 0 Å². The summed E-state index contributed by atoms with van der Waals surface area (Å²) in [7, 11) is 3.15. The van der Waals surface area contributed by atoms with E-state index in [0.717, 1.165) is 13.0 Å². The van der Waals surface area contributed by atoms with Crippen LogP contribution in [-0.2, 0) is 6.54 Å². The number of hydrogen-bond acceptors (Lipinski definition) is 3. The number of nitrogens with zero attached hydrogens (tertiary/aromatic N) is 1. The molecule has 22 heavy (non-hydrogen) atoms. The Bertz CT molecular complexity index is 635. The van der Waals surface area contributed by atoms with Crippen molar-refractivity contribution in [3.05, 3.63) is 53.9 Å². The summed E-state index contributed by atoms with van der Waals surface area (Å²) in [4.78, 5) is 12.3. The summed E-state index contributed by atoms with van der Waals surface area (Å²) in [5.74, 6) is 1.34. The van der Waals surface area contributed by atoms with E-state index >= 15 is 0 Å². The zero-order chi connectivity index (χ0) is 15.9. The molecule has 2 aromatic rings. The van der Waals surface area contributed by atoms with Gasteiger partial charge in [-0.15, -0.1) is 0 Å². The molecule has 0 radical (unpaired) electrons. The summed E-state index contributed by atoms with van der Waals surface area (Å²) in [6, 6.07) is 9.41. The van der Waals surface area contributed by atoms with Crippen molar-refractivity contribution in [2.75, 3.05) is 14.2 Å². The van der Waals surface area contributed by atoms with Gasteiger partial charge in [0, 0.05) is 30.5 Å². The molecule has 0 bridgehead atoms. The summed E-state index contributed by atoms with van der Waals surface area (Å²) in [5, 5.41) is 0. The first-order chi connectivity index (χ1) is 10.6. The number of methoxy groups -OCH3 is 2. The van der Waals surface area contributed by atoms with Crippen molar-refractivity contribution in [1.29, 1.82) is 0 Å². The van der Waals surface area contributed by atoms with Crippen LogP contribution >= 0.6 is 0 Å². The third kappa shape index (κ3) is 4.07. The van der Waals surface area contributed by atoms with Crippen LogP contribution in [0.25, 0.3) is 0 Å². The van der Waals surface area contributed by atoms with Gasteiger partial charge in [0.2, 0.25) is 0 Å². The monoisotopic (exact) mass is 300 g/mol. The SMILES string of the molecule is COc1ccc(C(=O)CCC[n+]2ccc(C)cc2)cc1OC. The van der Waals surface area contributed by atoms with E-state index in [-0.39, 0.29) is 5.78 Å². The van der Waals surface area contributed by atoms with E-state index in [1.165, 1.54) is 5.56 Å². The highest BCUT2D eigenvalue weighted by atomic mass is 16.5. The molecule has 0 aliphatic heterocycles. The first-order valence-corrected chi connectivity index (χ1v) is 7.35. The van der Waals surface area contributed by atoms with Crippen LogP contribution in [0.1, 0.15) is 28.8 Å². The smallest absolute Gasteiger partial charge is 0.169 e. The molecule has 0 aliphatic carbocycles. The van der Waals surface area contributed by atoms with Crippen molar-refractivity contribution < 1.29 is 18.8 Å². The van der Waals surface area contributed by atoms with E-state index in [4.69, 9.17) is 9.47 Å².